The lowest BCUT2D eigenvalue weighted by atomic mass is 10.0. The van der Waals surface area contributed by atoms with Crippen molar-refractivity contribution in [1.29, 1.82) is 0 Å². The monoisotopic (exact) mass is 346 g/mol. The Bertz CT molecular complexity index is 959. The molecule has 26 heavy (non-hydrogen) atoms. The molecular weight excluding hydrogens is 328 g/mol. The fraction of sp³-hybridized carbons (Fsp3) is 0.105. The minimum Gasteiger partial charge on any atom is -0.496 e. The van der Waals surface area contributed by atoms with Gasteiger partial charge in [0, 0.05) is 35.3 Å². The van der Waals surface area contributed by atoms with Gasteiger partial charge in [-0.1, -0.05) is 24.8 Å². The number of hydrogen-bond donors (Lipinski definition) is 0. The second-order valence-corrected chi connectivity index (χ2v) is 5.23. The minimum atomic E-state index is 0.474. The van der Waals surface area contributed by atoms with E-state index in [-0.39, 0.29) is 0 Å². The molecule has 3 rings (SSSR count). The van der Waals surface area contributed by atoms with E-state index in [1.54, 1.807) is 25.6 Å². The molecule has 0 bridgehead atoms. The van der Waals surface area contributed by atoms with E-state index in [4.69, 9.17) is 4.74 Å². The maximum absolute atomic E-state index is 5.53. The van der Waals surface area contributed by atoms with Gasteiger partial charge in [0.1, 0.15) is 5.75 Å². The lowest BCUT2D eigenvalue weighted by Gasteiger charge is -2.09. The van der Waals surface area contributed by atoms with Gasteiger partial charge in [-0.25, -0.2) is 4.99 Å². The molecule has 0 aliphatic rings. The van der Waals surface area contributed by atoms with Gasteiger partial charge in [-0.2, -0.15) is 0 Å². The molecule has 2 heterocycles. The molecule has 130 valence electrons. The Hall–Kier alpha value is -3.61. The summed E-state index contributed by atoms with van der Waals surface area (Å²) in [5.74, 6) is 1.71. The summed E-state index contributed by atoms with van der Waals surface area (Å²) in [6.07, 6.45) is 8.58. The molecule has 0 saturated carbocycles. The summed E-state index contributed by atoms with van der Waals surface area (Å²) < 4.78 is 5.53. The highest BCUT2D eigenvalue weighted by Gasteiger charge is 2.12. The number of pyridine rings is 1. The summed E-state index contributed by atoms with van der Waals surface area (Å²) in [6.45, 7) is 5.49. The van der Waals surface area contributed by atoms with Crippen LogP contribution >= 0.6 is 0 Å². The topological polar surface area (TPSA) is 78.1 Å². The fourth-order valence-corrected chi connectivity index (χ4v) is 2.42. The van der Waals surface area contributed by atoms with Crippen LogP contribution in [0.1, 0.15) is 6.92 Å². The molecule has 2 aromatic heterocycles. The van der Waals surface area contributed by atoms with Crippen molar-refractivity contribution in [3.8, 4) is 28.3 Å². The minimum absolute atomic E-state index is 0.474. The molecule has 0 fully saturated rings. The summed E-state index contributed by atoms with van der Waals surface area (Å²) in [5, 5.41) is 12.6. The van der Waals surface area contributed by atoms with Crippen molar-refractivity contribution in [3.63, 3.8) is 0 Å². The predicted molar refractivity (Wildman–Crippen MR) is 101 cm³/mol. The van der Waals surface area contributed by atoms with Crippen LogP contribution in [-0.4, -0.2) is 38.1 Å². The number of nitrogens with zero attached hydrogens (tertiary/aromatic N) is 6. The fourth-order valence-electron chi connectivity index (χ4n) is 2.42. The van der Waals surface area contributed by atoms with Crippen LogP contribution in [-0.2, 0) is 0 Å². The van der Waals surface area contributed by atoms with Gasteiger partial charge in [-0.15, -0.1) is 15.0 Å². The Morgan fingerprint density at radius 2 is 2.15 bits per heavy atom. The number of ether oxygens (including phenoxy) is 1. The first kappa shape index (κ1) is 17.2. The van der Waals surface area contributed by atoms with E-state index in [1.165, 1.54) is 11.0 Å². The largest absolute Gasteiger partial charge is 0.496 e. The molecule has 7 heteroatoms. The van der Waals surface area contributed by atoms with Crippen LogP contribution in [0.15, 0.2) is 72.6 Å². The van der Waals surface area contributed by atoms with Gasteiger partial charge in [0.15, 0.2) is 5.84 Å². The van der Waals surface area contributed by atoms with Gasteiger partial charge in [0.05, 0.1) is 7.11 Å². The number of benzene rings is 1. The maximum Gasteiger partial charge on any atom is 0.205 e. The zero-order valence-electron chi connectivity index (χ0n) is 14.6. The Labute approximate surface area is 151 Å². The summed E-state index contributed by atoms with van der Waals surface area (Å²) in [6, 6.07) is 9.62. The highest BCUT2D eigenvalue weighted by molar-refractivity contribution is 5.93. The quantitative estimate of drug-likeness (QED) is 0.523. The number of allylic oxidation sites excluding steroid dienone is 2. The molecule has 0 amide bonds. The van der Waals surface area contributed by atoms with Crippen LogP contribution in [0, 0.1) is 0 Å². The first-order valence-electron chi connectivity index (χ1n) is 7.97. The molecule has 0 saturated heterocycles. The van der Waals surface area contributed by atoms with Crippen molar-refractivity contribution in [3.05, 3.63) is 67.7 Å². The molecule has 0 radical (unpaired) electrons. The number of tetrazole rings is 1. The van der Waals surface area contributed by atoms with Gasteiger partial charge >= 0.3 is 0 Å². The molecular formula is C19H18N6O. The number of aromatic nitrogens is 5. The number of rotatable bonds is 5. The van der Waals surface area contributed by atoms with Gasteiger partial charge < -0.3 is 4.74 Å². The first-order chi connectivity index (χ1) is 12.8. The molecule has 0 N–H and O–H groups in total. The van der Waals surface area contributed by atoms with Crippen molar-refractivity contribution in [2.24, 2.45) is 4.99 Å². The van der Waals surface area contributed by atoms with E-state index in [0.29, 0.717) is 17.4 Å². The lowest BCUT2D eigenvalue weighted by molar-refractivity contribution is 0.416. The number of methoxy groups -OCH3 is 1. The normalized spacial score (nSPS) is 11.7. The van der Waals surface area contributed by atoms with Crippen LogP contribution in [0.4, 0.5) is 0 Å². The average molecular weight is 346 g/mol. The van der Waals surface area contributed by atoms with Gasteiger partial charge in [0.2, 0.25) is 5.82 Å². The molecule has 3 aromatic rings. The van der Waals surface area contributed by atoms with Crippen LogP contribution in [0.3, 0.4) is 0 Å². The highest BCUT2D eigenvalue weighted by Crippen LogP contribution is 2.32. The van der Waals surface area contributed by atoms with Crippen molar-refractivity contribution in [2.45, 2.75) is 6.92 Å². The Morgan fingerprint density at radius 3 is 2.85 bits per heavy atom. The summed E-state index contributed by atoms with van der Waals surface area (Å²) in [4.78, 5) is 9.65. The first-order valence-corrected chi connectivity index (χ1v) is 7.97. The van der Waals surface area contributed by atoms with Crippen molar-refractivity contribution >= 4 is 5.84 Å². The maximum atomic E-state index is 5.53. The second-order valence-electron chi connectivity index (χ2n) is 5.23. The smallest absolute Gasteiger partial charge is 0.205 e. The standard InChI is InChI=1S/C19H18N6O/c1-4-7-18(21-5-2)25-23-19(22-24-25)14-9-10-16(17(12-14)26-3)15-8-6-11-20-13-15/h4-13H,2H2,1,3H3/b7-4-,21-18?. The summed E-state index contributed by atoms with van der Waals surface area (Å²) >= 11 is 0. The molecule has 1 aromatic carbocycles. The van der Waals surface area contributed by atoms with Gasteiger partial charge in [-0.05, 0) is 36.4 Å². The van der Waals surface area contributed by atoms with Gasteiger partial charge in [-0.3, -0.25) is 4.98 Å². The van der Waals surface area contributed by atoms with Crippen molar-refractivity contribution < 1.29 is 4.74 Å². The predicted octanol–water partition coefficient (Wildman–Crippen LogP) is 3.38. The van der Waals surface area contributed by atoms with E-state index in [1.807, 2.05) is 43.3 Å². The molecule has 0 atom stereocenters. The van der Waals surface area contributed by atoms with E-state index in [9.17, 15) is 0 Å². The second kappa shape index (κ2) is 7.98. The van der Waals surface area contributed by atoms with E-state index < -0.39 is 0 Å². The molecule has 0 aliphatic heterocycles. The third kappa shape index (κ3) is 3.56. The van der Waals surface area contributed by atoms with E-state index in [0.717, 1.165) is 16.7 Å². The third-order valence-electron chi connectivity index (χ3n) is 3.59. The number of hydrogen-bond acceptors (Lipinski definition) is 6. The number of aliphatic imine (C=N–C) groups is 1. The zero-order valence-corrected chi connectivity index (χ0v) is 14.6. The SMILES string of the molecule is C=CN=C(/C=C\C)n1nnc(-c2ccc(-c3cccnc3)c(OC)c2)n1. The van der Waals surface area contributed by atoms with Crippen LogP contribution in [0.2, 0.25) is 0 Å². The Morgan fingerprint density at radius 1 is 1.27 bits per heavy atom. The molecule has 0 spiro atoms. The Balaban J connectivity index is 1.98. The summed E-state index contributed by atoms with van der Waals surface area (Å²) in [7, 11) is 1.63. The Kier molecular flexibility index (Phi) is 5.28. The summed E-state index contributed by atoms with van der Waals surface area (Å²) in [5.41, 5.74) is 2.71. The van der Waals surface area contributed by atoms with E-state index >= 15 is 0 Å². The average Bonchev–Trinajstić information content (AvgIpc) is 3.18. The van der Waals surface area contributed by atoms with Crippen molar-refractivity contribution in [2.75, 3.05) is 7.11 Å². The zero-order chi connectivity index (χ0) is 18.4. The third-order valence-corrected chi connectivity index (χ3v) is 3.59. The van der Waals surface area contributed by atoms with Crippen LogP contribution in [0.5, 0.6) is 5.75 Å². The van der Waals surface area contributed by atoms with Crippen LogP contribution < -0.4 is 4.74 Å². The molecule has 7 nitrogen and oxygen atoms in total. The van der Waals surface area contributed by atoms with Crippen molar-refractivity contribution in [1.82, 2.24) is 25.2 Å². The molecule has 0 unspecified atom stereocenters. The lowest BCUT2D eigenvalue weighted by Crippen LogP contribution is -2.12. The van der Waals surface area contributed by atoms with Crippen LogP contribution in [0.25, 0.3) is 22.5 Å². The van der Waals surface area contributed by atoms with Gasteiger partial charge in [0.25, 0.3) is 0 Å². The highest BCUT2D eigenvalue weighted by atomic mass is 16.5. The molecule has 0 aliphatic carbocycles. The van der Waals surface area contributed by atoms with E-state index in [2.05, 4.69) is 32.0 Å².